The Hall–Kier alpha value is -1.82. The first-order chi connectivity index (χ1) is 15.5. The van der Waals surface area contributed by atoms with E-state index in [0.29, 0.717) is 21.7 Å². The van der Waals surface area contributed by atoms with Crippen molar-refractivity contribution in [2.75, 3.05) is 31.1 Å². The summed E-state index contributed by atoms with van der Waals surface area (Å²) in [5, 5.41) is 4.45. The van der Waals surface area contributed by atoms with Crippen molar-refractivity contribution in [3.8, 4) is 0 Å². The Labute approximate surface area is 201 Å². The number of nitrogens with zero attached hydrogens (tertiary/aromatic N) is 3. The van der Waals surface area contributed by atoms with Crippen molar-refractivity contribution in [2.45, 2.75) is 51.1 Å². The van der Waals surface area contributed by atoms with Gasteiger partial charge in [0.1, 0.15) is 0 Å². The third-order valence-corrected chi connectivity index (χ3v) is 7.72. The van der Waals surface area contributed by atoms with Gasteiger partial charge in [0.25, 0.3) is 5.91 Å². The van der Waals surface area contributed by atoms with E-state index in [1.54, 1.807) is 18.5 Å². The third kappa shape index (κ3) is 5.75. The maximum atomic E-state index is 12.3. The first-order valence-corrected chi connectivity index (χ1v) is 12.4. The van der Waals surface area contributed by atoms with E-state index in [-0.39, 0.29) is 11.9 Å². The quantitative estimate of drug-likeness (QED) is 0.618. The second-order valence-corrected chi connectivity index (χ2v) is 9.92. The van der Waals surface area contributed by atoms with E-state index < -0.39 is 0 Å². The zero-order valence-corrected chi connectivity index (χ0v) is 20.2. The Kier molecular flexibility index (Phi) is 7.93. The molecule has 1 amide bonds. The van der Waals surface area contributed by atoms with Crippen LogP contribution in [0.15, 0.2) is 42.7 Å². The molecule has 0 unspecified atom stereocenters. The number of pyridine rings is 1. The fraction of sp³-hybridized carbons (Fsp3) is 0.520. The van der Waals surface area contributed by atoms with E-state index in [4.69, 9.17) is 23.2 Å². The minimum absolute atomic E-state index is 0.00628. The molecule has 2 aliphatic rings. The Morgan fingerprint density at radius 1 is 1.12 bits per heavy atom. The van der Waals surface area contributed by atoms with Crippen LogP contribution in [0.3, 0.4) is 0 Å². The largest absolute Gasteiger partial charge is 0.365 e. The summed E-state index contributed by atoms with van der Waals surface area (Å²) in [4.78, 5) is 21.3. The van der Waals surface area contributed by atoms with Crippen LogP contribution in [-0.4, -0.2) is 54.1 Å². The maximum absolute atomic E-state index is 12.3. The van der Waals surface area contributed by atoms with E-state index in [9.17, 15) is 4.79 Å². The molecular formula is C25H32Cl2N4O. The van der Waals surface area contributed by atoms with Gasteiger partial charge in [0, 0.05) is 44.1 Å². The van der Waals surface area contributed by atoms with E-state index in [1.165, 1.54) is 19.3 Å². The predicted octanol–water partition coefficient (Wildman–Crippen LogP) is 5.28. The summed E-state index contributed by atoms with van der Waals surface area (Å²) in [5.41, 5.74) is 1.68. The zero-order chi connectivity index (χ0) is 22.5. The molecule has 1 N–H and O–H groups in total. The summed E-state index contributed by atoms with van der Waals surface area (Å²) >= 11 is 12.7. The lowest BCUT2D eigenvalue weighted by molar-refractivity contribution is 0.0919. The molecule has 32 heavy (non-hydrogen) atoms. The van der Waals surface area contributed by atoms with Crippen LogP contribution in [0.25, 0.3) is 0 Å². The lowest BCUT2D eigenvalue weighted by Crippen LogP contribution is -2.52. The fourth-order valence-electron chi connectivity index (χ4n) is 5.03. The van der Waals surface area contributed by atoms with Crippen molar-refractivity contribution in [3.63, 3.8) is 0 Å². The van der Waals surface area contributed by atoms with Crippen molar-refractivity contribution in [2.24, 2.45) is 5.92 Å². The van der Waals surface area contributed by atoms with Crippen LogP contribution < -0.4 is 10.2 Å². The molecule has 1 saturated heterocycles. The molecule has 2 heterocycles. The van der Waals surface area contributed by atoms with Crippen LogP contribution in [0.4, 0.5) is 5.69 Å². The number of rotatable bonds is 6. The highest BCUT2D eigenvalue weighted by atomic mass is 35.5. The van der Waals surface area contributed by atoms with Gasteiger partial charge in [0.2, 0.25) is 0 Å². The van der Waals surface area contributed by atoms with Crippen LogP contribution in [0.1, 0.15) is 49.4 Å². The molecule has 1 aliphatic heterocycles. The summed E-state index contributed by atoms with van der Waals surface area (Å²) < 4.78 is 0. The molecule has 1 saturated carbocycles. The first kappa shape index (κ1) is 23.3. The van der Waals surface area contributed by atoms with E-state index in [1.807, 2.05) is 18.2 Å². The monoisotopic (exact) mass is 474 g/mol. The van der Waals surface area contributed by atoms with E-state index >= 15 is 0 Å². The number of piperazine rings is 1. The van der Waals surface area contributed by atoms with Gasteiger partial charge >= 0.3 is 0 Å². The second-order valence-electron chi connectivity index (χ2n) is 9.14. The Balaban J connectivity index is 1.19. The van der Waals surface area contributed by atoms with Gasteiger partial charge in [-0.2, -0.15) is 0 Å². The normalized spacial score (nSPS) is 24.3. The van der Waals surface area contributed by atoms with Gasteiger partial charge in [0.05, 0.1) is 21.3 Å². The highest BCUT2D eigenvalue weighted by Gasteiger charge is 2.27. The number of nitrogens with one attached hydrogen (secondary N) is 1. The van der Waals surface area contributed by atoms with Crippen LogP contribution in [0.2, 0.25) is 10.0 Å². The van der Waals surface area contributed by atoms with Crippen LogP contribution in [-0.2, 0) is 0 Å². The number of hydrogen-bond donors (Lipinski definition) is 1. The van der Waals surface area contributed by atoms with Crippen LogP contribution in [0.5, 0.6) is 0 Å². The summed E-state index contributed by atoms with van der Waals surface area (Å²) in [5.74, 6) is 0.741. The summed E-state index contributed by atoms with van der Waals surface area (Å²) in [6, 6.07) is 10.2. The van der Waals surface area contributed by atoms with E-state index in [2.05, 4.69) is 33.1 Å². The summed E-state index contributed by atoms with van der Waals surface area (Å²) in [6.45, 7) is 6.45. The molecular weight excluding hydrogens is 443 g/mol. The molecule has 4 rings (SSSR count). The Morgan fingerprint density at radius 3 is 2.66 bits per heavy atom. The molecule has 7 heteroatoms. The van der Waals surface area contributed by atoms with Gasteiger partial charge in [-0.3, -0.25) is 14.7 Å². The third-order valence-electron chi connectivity index (χ3n) is 6.91. The fourth-order valence-corrected chi connectivity index (χ4v) is 5.44. The summed E-state index contributed by atoms with van der Waals surface area (Å²) in [6.07, 6.45) is 9.05. The van der Waals surface area contributed by atoms with Gasteiger partial charge in [-0.1, -0.05) is 29.3 Å². The Bertz CT molecular complexity index is 902. The molecule has 0 spiro atoms. The van der Waals surface area contributed by atoms with Gasteiger partial charge in [-0.15, -0.1) is 0 Å². The number of anilines is 1. The maximum Gasteiger partial charge on any atom is 0.253 e. The number of halogens is 2. The number of hydrogen-bond acceptors (Lipinski definition) is 4. The molecule has 2 fully saturated rings. The van der Waals surface area contributed by atoms with Crippen LogP contribution in [0, 0.1) is 5.92 Å². The average Bonchev–Trinajstić information content (AvgIpc) is 2.81. The minimum Gasteiger partial charge on any atom is -0.365 e. The van der Waals surface area contributed by atoms with Crippen molar-refractivity contribution < 1.29 is 4.79 Å². The van der Waals surface area contributed by atoms with Crippen molar-refractivity contribution in [1.82, 2.24) is 15.2 Å². The second kappa shape index (κ2) is 10.9. The number of aromatic nitrogens is 1. The van der Waals surface area contributed by atoms with Gasteiger partial charge in [0.15, 0.2) is 0 Å². The van der Waals surface area contributed by atoms with Gasteiger partial charge in [-0.25, -0.2) is 0 Å². The Morgan fingerprint density at radius 2 is 1.94 bits per heavy atom. The first-order valence-electron chi connectivity index (χ1n) is 11.6. The highest BCUT2D eigenvalue weighted by molar-refractivity contribution is 6.43. The van der Waals surface area contributed by atoms with Crippen LogP contribution >= 0.6 is 23.2 Å². The van der Waals surface area contributed by atoms with Crippen molar-refractivity contribution in [3.05, 3.63) is 58.3 Å². The number of carbonyl (C=O) groups excluding carboxylic acids is 1. The number of carbonyl (C=O) groups is 1. The topological polar surface area (TPSA) is 48.5 Å². The van der Waals surface area contributed by atoms with E-state index in [0.717, 1.165) is 50.6 Å². The SMILES string of the molecule is C[C@@H]1CN(CCC2CCC(NC(=O)c3cccnc3)CC2)CCN1c1cccc(Cl)c1Cl. The minimum atomic E-state index is -0.00628. The lowest BCUT2D eigenvalue weighted by Gasteiger charge is -2.42. The van der Waals surface area contributed by atoms with Gasteiger partial charge < -0.3 is 10.2 Å². The zero-order valence-electron chi connectivity index (χ0n) is 18.6. The molecule has 2 aromatic rings. The molecule has 172 valence electrons. The molecule has 1 aromatic carbocycles. The molecule has 1 aliphatic carbocycles. The predicted molar refractivity (Wildman–Crippen MR) is 132 cm³/mol. The van der Waals surface area contributed by atoms with Crippen molar-refractivity contribution >= 4 is 34.8 Å². The number of benzene rings is 1. The molecule has 5 nitrogen and oxygen atoms in total. The van der Waals surface area contributed by atoms with Crippen molar-refractivity contribution in [1.29, 1.82) is 0 Å². The van der Waals surface area contributed by atoms with Gasteiger partial charge in [-0.05, 0) is 75.8 Å². The lowest BCUT2D eigenvalue weighted by atomic mass is 9.84. The molecule has 1 atom stereocenters. The molecule has 0 bridgehead atoms. The molecule has 1 aromatic heterocycles. The number of amides is 1. The standard InChI is InChI=1S/C25H32Cl2N4O/c1-18-17-30(14-15-31(18)23-6-2-5-22(26)24(23)27)13-11-19-7-9-21(10-8-19)29-25(32)20-4-3-12-28-16-20/h2-6,12,16,18-19,21H,7-11,13-15,17H2,1H3,(H,29,32)/t18-,19?,21?/m1/s1. The smallest absolute Gasteiger partial charge is 0.253 e. The summed E-state index contributed by atoms with van der Waals surface area (Å²) in [7, 11) is 0. The highest BCUT2D eigenvalue weighted by Crippen LogP contribution is 2.34. The average molecular weight is 475 g/mol. The molecule has 0 radical (unpaired) electrons.